The lowest BCUT2D eigenvalue weighted by Crippen LogP contribution is -2.50. The van der Waals surface area contributed by atoms with Gasteiger partial charge in [0.25, 0.3) is 0 Å². The van der Waals surface area contributed by atoms with Gasteiger partial charge in [-0.1, -0.05) is 0 Å². The van der Waals surface area contributed by atoms with Crippen LogP contribution in [0, 0.1) is 5.41 Å². The highest BCUT2D eigenvalue weighted by Gasteiger charge is 2.57. The molecule has 0 saturated heterocycles. The first kappa shape index (κ1) is 18.0. The summed E-state index contributed by atoms with van der Waals surface area (Å²) in [5.74, 6) is -0.643. The third-order valence-corrected chi connectivity index (χ3v) is 4.00. The van der Waals surface area contributed by atoms with Crippen molar-refractivity contribution in [3.8, 4) is 0 Å². The summed E-state index contributed by atoms with van der Waals surface area (Å²) >= 11 is 0. The van der Waals surface area contributed by atoms with Gasteiger partial charge in [-0.3, -0.25) is 9.59 Å². The van der Waals surface area contributed by atoms with Crippen LogP contribution >= 0.6 is 0 Å². The number of furan rings is 1. The minimum atomic E-state index is -1.50. The number of carbonyl (C=O) groups excluding carboxylic acids is 3. The van der Waals surface area contributed by atoms with Crippen molar-refractivity contribution in [1.29, 1.82) is 0 Å². The zero-order chi connectivity index (χ0) is 18.0. The van der Waals surface area contributed by atoms with E-state index in [2.05, 4.69) is 5.32 Å². The van der Waals surface area contributed by atoms with Crippen molar-refractivity contribution in [3.05, 3.63) is 24.2 Å². The minimum Gasteiger partial charge on any atom is -0.468 e. The average Bonchev–Trinajstić information content (AvgIpc) is 3.12. The zero-order valence-electron chi connectivity index (χ0n) is 14.4. The van der Waals surface area contributed by atoms with Gasteiger partial charge in [0.1, 0.15) is 17.4 Å². The summed E-state index contributed by atoms with van der Waals surface area (Å²) in [5, 5.41) is 2.63. The van der Waals surface area contributed by atoms with Crippen molar-refractivity contribution in [3.63, 3.8) is 0 Å². The first-order chi connectivity index (χ1) is 11.2. The van der Waals surface area contributed by atoms with Gasteiger partial charge in [-0.2, -0.15) is 0 Å². The highest BCUT2D eigenvalue weighted by molar-refractivity contribution is 6.06. The molecule has 2 unspecified atom stereocenters. The number of rotatable bonds is 4. The van der Waals surface area contributed by atoms with E-state index in [9.17, 15) is 14.4 Å². The molecule has 1 fully saturated rings. The summed E-state index contributed by atoms with van der Waals surface area (Å²) in [7, 11) is 1.22. The third kappa shape index (κ3) is 3.44. The van der Waals surface area contributed by atoms with E-state index in [0.717, 1.165) is 0 Å². The molecule has 1 aromatic rings. The smallest absolute Gasteiger partial charge is 0.408 e. The molecule has 0 spiro atoms. The van der Waals surface area contributed by atoms with Crippen LogP contribution in [0.2, 0.25) is 0 Å². The standard InChI is InChI=1S/C17H23NO6/c1-16(2,3)24-15(21)18-13(11-7-6-10-23-11)17(14(20)22-4)9-5-8-12(17)19/h6-7,10,13H,5,8-9H2,1-4H3,(H,18,21). The number of ketones is 1. The Morgan fingerprint density at radius 3 is 2.54 bits per heavy atom. The Balaban J connectivity index is 2.40. The minimum absolute atomic E-state index is 0.252. The van der Waals surface area contributed by atoms with Crippen molar-refractivity contribution in [2.24, 2.45) is 5.41 Å². The lowest BCUT2D eigenvalue weighted by atomic mass is 9.76. The van der Waals surface area contributed by atoms with Crippen LogP contribution in [0.15, 0.2) is 22.8 Å². The molecule has 2 rings (SSSR count). The molecular weight excluding hydrogens is 314 g/mol. The molecule has 1 saturated carbocycles. The molecular formula is C17H23NO6. The molecule has 0 bridgehead atoms. The van der Waals surface area contributed by atoms with E-state index >= 15 is 0 Å². The van der Waals surface area contributed by atoms with Crippen LogP contribution in [-0.4, -0.2) is 30.6 Å². The van der Waals surface area contributed by atoms with Gasteiger partial charge in [-0.05, 0) is 45.7 Å². The molecule has 1 heterocycles. The Morgan fingerprint density at radius 2 is 2.08 bits per heavy atom. The summed E-state index contributed by atoms with van der Waals surface area (Å²) < 4.78 is 15.5. The number of ether oxygens (including phenoxy) is 2. The van der Waals surface area contributed by atoms with Crippen LogP contribution in [0.1, 0.15) is 51.8 Å². The topological polar surface area (TPSA) is 94.8 Å². The van der Waals surface area contributed by atoms with Gasteiger partial charge < -0.3 is 19.2 Å². The first-order valence-electron chi connectivity index (χ1n) is 7.85. The van der Waals surface area contributed by atoms with Gasteiger partial charge in [0.2, 0.25) is 0 Å². The van der Waals surface area contributed by atoms with Gasteiger partial charge in [0, 0.05) is 6.42 Å². The SMILES string of the molecule is COC(=O)C1(C(NC(=O)OC(C)(C)C)c2ccco2)CCCC1=O. The predicted molar refractivity (Wildman–Crippen MR) is 84.1 cm³/mol. The summed E-state index contributed by atoms with van der Waals surface area (Å²) in [6.45, 7) is 5.18. The fourth-order valence-electron chi connectivity index (χ4n) is 3.03. The summed E-state index contributed by atoms with van der Waals surface area (Å²) in [6, 6.07) is 2.26. The molecule has 0 aliphatic heterocycles. The van der Waals surface area contributed by atoms with E-state index in [-0.39, 0.29) is 18.6 Å². The Morgan fingerprint density at radius 1 is 1.38 bits per heavy atom. The monoisotopic (exact) mass is 337 g/mol. The maximum atomic E-state index is 12.6. The molecule has 1 aromatic heterocycles. The molecule has 0 aromatic carbocycles. The first-order valence-corrected chi connectivity index (χ1v) is 7.85. The van der Waals surface area contributed by atoms with Gasteiger partial charge in [0.15, 0.2) is 11.2 Å². The number of Topliss-reactive ketones (excluding diaryl/α,β-unsaturated/α-hetero) is 1. The van der Waals surface area contributed by atoms with Gasteiger partial charge in [0.05, 0.1) is 13.4 Å². The summed E-state index contributed by atoms with van der Waals surface area (Å²) in [4.78, 5) is 37.3. The normalized spacial score (nSPS) is 22.1. The highest BCUT2D eigenvalue weighted by atomic mass is 16.6. The van der Waals surface area contributed by atoms with Crippen LogP contribution in [-0.2, 0) is 19.1 Å². The molecule has 132 valence electrons. The molecule has 1 aliphatic rings. The van der Waals surface area contributed by atoms with Gasteiger partial charge >= 0.3 is 12.1 Å². The Hall–Kier alpha value is -2.31. The van der Waals surface area contributed by atoms with E-state index in [4.69, 9.17) is 13.9 Å². The number of hydrogen-bond acceptors (Lipinski definition) is 6. The molecule has 7 nitrogen and oxygen atoms in total. The van der Waals surface area contributed by atoms with Crippen LogP contribution in [0.3, 0.4) is 0 Å². The second-order valence-electron chi connectivity index (χ2n) is 6.83. The molecule has 7 heteroatoms. The van der Waals surface area contributed by atoms with E-state index in [1.807, 2.05) is 0 Å². The summed E-state index contributed by atoms with van der Waals surface area (Å²) in [6.07, 6.45) is 1.76. The summed E-state index contributed by atoms with van der Waals surface area (Å²) in [5.41, 5.74) is -2.21. The van der Waals surface area contributed by atoms with E-state index in [0.29, 0.717) is 12.2 Å². The second kappa shape index (κ2) is 6.67. The number of amides is 1. The van der Waals surface area contributed by atoms with Crippen molar-refractivity contribution in [2.75, 3.05) is 7.11 Å². The molecule has 1 aliphatic carbocycles. The van der Waals surface area contributed by atoms with E-state index in [1.165, 1.54) is 13.4 Å². The van der Waals surface area contributed by atoms with Crippen molar-refractivity contribution in [1.82, 2.24) is 5.32 Å². The Kier molecular flexibility index (Phi) is 5.01. The quantitative estimate of drug-likeness (QED) is 0.670. The number of alkyl carbamates (subject to hydrolysis) is 1. The Labute approximate surface area is 140 Å². The van der Waals surface area contributed by atoms with Crippen molar-refractivity contribution in [2.45, 2.75) is 51.7 Å². The van der Waals surface area contributed by atoms with Crippen LogP contribution in [0.5, 0.6) is 0 Å². The molecule has 1 N–H and O–H groups in total. The number of nitrogens with one attached hydrogen (secondary N) is 1. The maximum Gasteiger partial charge on any atom is 0.408 e. The van der Waals surface area contributed by atoms with E-state index < -0.39 is 29.1 Å². The lowest BCUT2D eigenvalue weighted by molar-refractivity contribution is -0.159. The van der Waals surface area contributed by atoms with E-state index in [1.54, 1.807) is 32.9 Å². The number of hydrogen-bond donors (Lipinski definition) is 1. The highest BCUT2D eigenvalue weighted by Crippen LogP contribution is 2.46. The number of methoxy groups -OCH3 is 1. The fourth-order valence-corrected chi connectivity index (χ4v) is 3.03. The molecule has 1 amide bonds. The number of esters is 1. The van der Waals surface area contributed by atoms with Crippen LogP contribution in [0.25, 0.3) is 0 Å². The molecule has 0 radical (unpaired) electrons. The lowest BCUT2D eigenvalue weighted by Gasteiger charge is -2.33. The predicted octanol–water partition coefficient (Wildman–Crippen LogP) is 2.76. The second-order valence-corrected chi connectivity index (χ2v) is 6.83. The van der Waals surface area contributed by atoms with Crippen molar-refractivity contribution >= 4 is 17.8 Å². The largest absolute Gasteiger partial charge is 0.468 e. The number of carbonyl (C=O) groups is 3. The van der Waals surface area contributed by atoms with Gasteiger partial charge in [-0.25, -0.2) is 4.79 Å². The maximum absolute atomic E-state index is 12.6. The van der Waals surface area contributed by atoms with Crippen LogP contribution < -0.4 is 5.32 Å². The average molecular weight is 337 g/mol. The van der Waals surface area contributed by atoms with Gasteiger partial charge in [-0.15, -0.1) is 0 Å². The fraction of sp³-hybridized carbons (Fsp3) is 0.588. The zero-order valence-corrected chi connectivity index (χ0v) is 14.4. The Bertz CT molecular complexity index is 616. The van der Waals surface area contributed by atoms with Crippen LogP contribution in [0.4, 0.5) is 4.79 Å². The molecule has 2 atom stereocenters. The van der Waals surface area contributed by atoms with Crippen molar-refractivity contribution < 1.29 is 28.3 Å². The third-order valence-electron chi connectivity index (χ3n) is 4.00. The molecule has 24 heavy (non-hydrogen) atoms.